The second kappa shape index (κ2) is 6.64. The zero-order chi connectivity index (χ0) is 15.4. The second-order valence-corrected chi connectivity index (χ2v) is 5.27. The number of nitriles is 1. The average molecular weight is 349 g/mol. The molecule has 0 aliphatic heterocycles. The minimum atomic E-state index is -0.368. The van der Waals surface area contributed by atoms with Gasteiger partial charge in [-0.3, -0.25) is 0 Å². The van der Waals surface area contributed by atoms with Gasteiger partial charge in [0, 0.05) is 4.47 Å². The van der Waals surface area contributed by atoms with Gasteiger partial charge >= 0.3 is 0 Å². The zero-order valence-corrected chi connectivity index (χ0v) is 13.3. The first kappa shape index (κ1) is 15.4. The van der Waals surface area contributed by atoms with Crippen LogP contribution >= 0.6 is 15.9 Å². The van der Waals surface area contributed by atoms with Crippen molar-refractivity contribution in [3.05, 3.63) is 45.3 Å². The summed E-state index contributed by atoms with van der Waals surface area (Å²) in [6.07, 6.45) is 1.41. The lowest BCUT2D eigenvalue weighted by molar-refractivity contribution is 0.628. The van der Waals surface area contributed by atoms with Gasteiger partial charge in [0.25, 0.3) is 0 Å². The maximum Gasteiger partial charge on any atom is 0.171 e. The van der Waals surface area contributed by atoms with Crippen molar-refractivity contribution in [1.82, 2.24) is 10.2 Å². The number of anilines is 2. The second-order valence-electron chi connectivity index (χ2n) is 4.42. The predicted octanol–water partition coefficient (Wildman–Crippen LogP) is 4.12. The third-order valence-corrected chi connectivity index (χ3v) is 3.83. The molecule has 0 spiro atoms. The van der Waals surface area contributed by atoms with Gasteiger partial charge in [-0.25, -0.2) is 4.39 Å². The van der Waals surface area contributed by atoms with E-state index in [1.807, 2.05) is 13.8 Å². The Morgan fingerprint density at radius 2 is 2.05 bits per heavy atom. The lowest BCUT2D eigenvalue weighted by atomic mass is 10.0. The van der Waals surface area contributed by atoms with Crippen LogP contribution in [-0.4, -0.2) is 10.2 Å². The lowest BCUT2D eigenvalue weighted by Gasteiger charge is -2.13. The molecule has 0 atom stereocenters. The summed E-state index contributed by atoms with van der Waals surface area (Å²) in [5, 5.41) is 20.6. The third kappa shape index (κ3) is 3.19. The van der Waals surface area contributed by atoms with E-state index in [0.29, 0.717) is 28.0 Å². The zero-order valence-electron chi connectivity index (χ0n) is 11.7. The van der Waals surface area contributed by atoms with Gasteiger partial charge in [-0.05, 0) is 52.5 Å². The van der Waals surface area contributed by atoms with Crippen molar-refractivity contribution in [2.24, 2.45) is 0 Å². The molecular formula is C15H14BrFN4. The standard InChI is InChI=1S/C15H14BrFN4/c1-3-10-11(8-18)15(21-20-13(10)4-2)19-14-7-9(17)5-6-12(14)16/h5-7H,3-4H2,1-2H3,(H,19,21). The SMILES string of the molecule is CCc1nnc(Nc2cc(F)ccc2Br)c(C#N)c1CC. The van der Waals surface area contributed by atoms with Crippen LogP contribution in [0, 0.1) is 17.1 Å². The summed E-state index contributed by atoms with van der Waals surface area (Å²) in [4.78, 5) is 0. The Hall–Kier alpha value is -2.00. The Morgan fingerprint density at radius 3 is 2.67 bits per heavy atom. The van der Waals surface area contributed by atoms with E-state index < -0.39 is 0 Å². The van der Waals surface area contributed by atoms with Crippen LogP contribution in [0.25, 0.3) is 0 Å². The molecule has 0 saturated carbocycles. The number of aromatic nitrogens is 2. The number of hydrogen-bond acceptors (Lipinski definition) is 4. The van der Waals surface area contributed by atoms with Crippen molar-refractivity contribution in [1.29, 1.82) is 5.26 Å². The van der Waals surface area contributed by atoms with E-state index in [2.05, 4.69) is 37.5 Å². The number of aryl methyl sites for hydroxylation is 1. The van der Waals surface area contributed by atoms with Gasteiger partial charge in [-0.15, -0.1) is 5.10 Å². The van der Waals surface area contributed by atoms with Crippen LogP contribution in [0.2, 0.25) is 0 Å². The van der Waals surface area contributed by atoms with E-state index in [4.69, 9.17) is 0 Å². The van der Waals surface area contributed by atoms with E-state index in [0.717, 1.165) is 17.7 Å². The largest absolute Gasteiger partial charge is 0.337 e. The molecule has 21 heavy (non-hydrogen) atoms. The van der Waals surface area contributed by atoms with Gasteiger partial charge < -0.3 is 5.32 Å². The van der Waals surface area contributed by atoms with Gasteiger partial charge in [0.15, 0.2) is 5.82 Å². The number of halogens is 2. The molecule has 1 aromatic heterocycles. The van der Waals surface area contributed by atoms with E-state index in [1.165, 1.54) is 12.1 Å². The summed E-state index contributed by atoms with van der Waals surface area (Å²) in [6, 6.07) is 6.46. The van der Waals surface area contributed by atoms with Crippen molar-refractivity contribution in [2.45, 2.75) is 26.7 Å². The van der Waals surface area contributed by atoms with E-state index >= 15 is 0 Å². The molecule has 0 amide bonds. The third-order valence-electron chi connectivity index (χ3n) is 3.14. The summed E-state index contributed by atoms with van der Waals surface area (Å²) in [5.41, 5.74) is 2.66. The normalized spacial score (nSPS) is 10.2. The first-order chi connectivity index (χ1) is 10.1. The first-order valence-electron chi connectivity index (χ1n) is 6.61. The highest BCUT2D eigenvalue weighted by Crippen LogP contribution is 2.28. The molecule has 2 rings (SSSR count). The molecule has 0 fully saturated rings. The van der Waals surface area contributed by atoms with Crippen LogP contribution < -0.4 is 5.32 Å². The molecule has 0 aliphatic carbocycles. The van der Waals surface area contributed by atoms with Crippen LogP contribution in [0.4, 0.5) is 15.9 Å². The van der Waals surface area contributed by atoms with Crippen molar-refractivity contribution in [3.8, 4) is 6.07 Å². The molecule has 1 N–H and O–H groups in total. The number of hydrogen-bond donors (Lipinski definition) is 1. The molecule has 0 unspecified atom stereocenters. The average Bonchev–Trinajstić information content (AvgIpc) is 2.50. The van der Waals surface area contributed by atoms with E-state index in [-0.39, 0.29) is 5.82 Å². The lowest BCUT2D eigenvalue weighted by Crippen LogP contribution is -2.07. The van der Waals surface area contributed by atoms with Gasteiger partial charge in [-0.1, -0.05) is 13.8 Å². The molecule has 6 heteroatoms. The number of nitrogens with zero attached hydrogens (tertiary/aromatic N) is 3. The van der Waals surface area contributed by atoms with Crippen LogP contribution in [0.3, 0.4) is 0 Å². The maximum absolute atomic E-state index is 13.3. The molecule has 2 aromatic rings. The Bertz CT molecular complexity index is 710. The Labute approximate surface area is 131 Å². The Kier molecular flexibility index (Phi) is 4.86. The molecule has 0 radical (unpaired) electrons. The summed E-state index contributed by atoms with van der Waals surface area (Å²) < 4.78 is 14.0. The van der Waals surface area contributed by atoms with Gasteiger partial charge in [-0.2, -0.15) is 10.4 Å². The molecular weight excluding hydrogens is 335 g/mol. The molecule has 0 bridgehead atoms. The first-order valence-corrected chi connectivity index (χ1v) is 7.40. The predicted molar refractivity (Wildman–Crippen MR) is 82.9 cm³/mol. The van der Waals surface area contributed by atoms with Crippen molar-refractivity contribution < 1.29 is 4.39 Å². The summed E-state index contributed by atoms with van der Waals surface area (Å²) in [5.74, 6) is -0.0223. The van der Waals surface area contributed by atoms with Crippen LogP contribution in [-0.2, 0) is 12.8 Å². The Morgan fingerprint density at radius 1 is 1.29 bits per heavy atom. The fourth-order valence-corrected chi connectivity index (χ4v) is 2.45. The fourth-order valence-electron chi connectivity index (χ4n) is 2.10. The van der Waals surface area contributed by atoms with Crippen LogP contribution in [0.1, 0.15) is 30.7 Å². The van der Waals surface area contributed by atoms with E-state index in [1.54, 1.807) is 6.07 Å². The van der Waals surface area contributed by atoms with Crippen LogP contribution in [0.15, 0.2) is 22.7 Å². The highest BCUT2D eigenvalue weighted by Gasteiger charge is 2.15. The topological polar surface area (TPSA) is 61.6 Å². The quantitative estimate of drug-likeness (QED) is 0.902. The minimum absolute atomic E-state index is 0.345. The summed E-state index contributed by atoms with van der Waals surface area (Å²) in [7, 11) is 0. The molecule has 1 aromatic carbocycles. The van der Waals surface area contributed by atoms with Crippen molar-refractivity contribution >= 4 is 27.4 Å². The molecule has 108 valence electrons. The monoisotopic (exact) mass is 348 g/mol. The fraction of sp³-hybridized carbons (Fsp3) is 0.267. The van der Waals surface area contributed by atoms with E-state index in [9.17, 15) is 9.65 Å². The van der Waals surface area contributed by atoms with Gasteiger partial charge in [0.05, 0.1) is 11.4 Å². The molecule has 1 heterocycles. The summed E-state index contributed by atoms with van der Waals surface area (Å²) in [6.45, 7) is 3.94. The number of nitrogens with one attached hydrogen (secondary N) is 1. The highest BCUT2D eigenvalue weighted by molar-refractivity contribution is 9.10. The smallest absolute Gasteiger partial charge is 0.171 e. The molecule has 4 nitrogen and oxygen atoms in total. The van der Waals surface area contributed by atoms with Crippen molar-refractivity contribution in [2.75, 3.05) is 5.32 Å². The Balaban J connectivity index is 2.50. The van der Waals surface area contributed by atoms with Crippen LogP contribution in [0.5, 0.6) is 0 Å². The number of benzene rings is 1. The molecule has 0 aliphatic rings. The minimum Gasteiger partial charge on any atom is -0.337 e. The van der Waals surface area contributed by atoms with Crippen molar-refractivity contribution in [3.63, 3.8) is 0 Å². The summed E-state index contributed by atoms with van der Waals surface area (Å²) >= 11 is 3.34. The van der Waals surface area contributed by atoms with Gasteiger partial charge in [0.1, 0.15) is 17.4 Å². The highest BCUT2D eigenvalue weighted by atomic mass is 79.9. The number of rotatable bonds is 4. The maximum atomic E-state index is 13.3. The molecule has 0 saturated heterocycles. The van der Waals surface area contributed by atoms with Gasteiger partial charge in [0.2, 0.25) is 0 Å².